The Hall–Kier alpha value is -2.62. The number of nitrogens with zero attached hydrogens (tertiary/aromatic N) is 1. The minimum absolute atomic E-state index is 0.119. The minimum Gasteiger partial charge on any atom is -0.395 e. The summed E-state index contributed by atoms with van der Waals surface area (Å²) >= 11 is 0. The fraction of sp³-hybridized carbons (Fsp3) is 0. The maximum atomic E-state index is 13.4. The molecule has 3 rings (SSSR count). The Labute approximate surface area is 109 Å². The number of aromatic nitrogens is 1. The van der Waals surface area contributed by atoms with Crippen LogP contribution in [0.25, 0.3) is 10.9 Å². The Morgan fingerprint density at radius 2 is 1.95 bits per heavy atom. The SMILES string of the molecule is Nc1c(F)cccc1Nc1ccc2ncccc2c1. The van der Waals surface area contributed by atoms with Gasteiger partial charge in [0.25, 0.3) is 0 Å². The van der Waals surface area contributed by atoms with E-state index in [1.165, 1.54) is 6.07 Å². The molecule has 94 valence electrons. The van der Waals surface area contributed by atoms with Gasteiger partial charge in [0.05, 0.1) is 16.9 Å². The van der Waals surface area contributed by atoms with Crippen molar-refractivity contribution < 1.29 is 4.39 Å². The van der Waals surface area contributed by atoms with E-state index in [9.17, 15) is 4.39 Å². The Bertz CT molecular complexity index is 740. The number of anilines is 3. The maximum Gasteiger partial charge on any atom is 0.148 e. The van der Waals surface area contributed by atoms with Crippen LogP contribution in [0.5, 0.6) is 0 Å². The van der Waals surface area contributed by atoms with E-state index in [4.69, 9.17) is 5.73 Å². The fourth-order valence-corrected chi connectivity index (χ4v) is 1.95. The van der Waals surface area contributed by atoms with Gasteiger partial charge in [0, 0.05) is 17.3 Å². The highest BCUT2D eigenvalue weighted by molar-refractivity contribution is 5.84. The highest BCUT2D eigenvalue weighted by Gasteiger charge is 2.04. The molecule has 0 atom stereocenters. The molecular formula is C15H12FN3. The van der Waals surface area contributed by atoms with Crippen molar-refractivity contribution in [1.29, 1.82) is 0 Å². The van der Waals surface area contributed by atoms with Gasteiger partial charge in [-0.05, 0) is 36.4 Å². The summed E-state index contributed by atoms with van der Waals surface area (Å²) in [5.74, 6) is -0.424. The zero-order valence-corrected chi connectivity index (χ0v) is 10.1. The van der Waals surface area contributed by atoms with Crippen LogP contribution < -0.4 is 11.1 Å². The van der Waals surface area contributed by atoms with Crippen LogP contribution in [0.15, 0.2) is 54.7 Å². The molecule has 1 aromatic heterocycles. The molecule has 0 bridgehead atoms. The van der Waals surface area contributed by atoms with Crippen LogP contribution in [0.1, 0.15) is 0 Å². The van der Waals surface area contributed by atoms with Crippen LogP contribution >= 0.6 is 0 Å². The first kappa shape index (κ1) is 11.5. The first-order valence-electron chi connectivity index (χ1n) is 5.90. The molecule has 0 amide bonds. The second kappa shape index (κ2) is 4.57. The van der Waals surface area contributed by atoms with Crippen molar-refractivity contribution in [3.05, 3.63) is 60.5 Å². The monoisotopic (exact) mass is 253 g/mol. The molecule has 19 heavy (non-hydrogen) atoms. The lowest BCUT2D eigenvalue weighted by Gasteiger charge is -2.10. The van der Waals surface area contributed by atoms with Gasteiger partial charge < -0.3 is 11.1 Å². The third-order valence-electron chi connectivity index (χ3n) is 2.93. The van der Waals surface area contributed by atoms with E-state index >= 15 is 0 Å². The fourth-order valence-electron chi connectivity index (χ4n) is 1.95. The number of nitrogen functional groups attached to an aromatic ring is 1. The Morgan fingerprint density at radius 3 is 2.84 bits per heavy atom. The lowest BCUT2D eigenvalue weighted by atomic mass is 10.2. The van der Waals surface area contributed by atoms with E-state index in [-0.39, 0.29) is 5.69 Å². The van der Waals surface area contributed by atoms with Crippen molar-refractivity contribution in [3.63, 3.8) is 0 Å². The molecule has 0 saturated carbocycles. The second-order valence-corrected chi connectivity index (χ2v) is 4.24. The summed E-state index contributed by atoms with van der Waals surface area (Å²) < 4.78 is 13.4. The molecule has 0 aliphatic rings. The average Bonchev–Trinajstić information content (AvgIpc) is 2.44. The van der Waals surface area contributed by atoms with Crippen LogP contribution in [0.2, 0.25) is 0 Å². The van der Waals surface area contributed by atoms with E-state index in [0.29, 0.717) is 5.69 Å². The molecule has 0 aliphatic heterocycles. The molecule has 0 unspecified atom stereocenters. The number of hydrogen-bond acceptors (Lipinski definition) is 3. The lowest BCUT2D eigenvalue weighted by Crippen LogP contribution is -1.98. The van der Waals surface area contributed by atoms with Gasteiger partial charge in [0.2, 0.25) is 0 Å². The first-order chi connectivity index (χ1) is 9.24. The lowest BCUT2D eigenvalue weighted by molar-refractivity contribution is 0.633. The van der Waals surface area contributed by atoms with Gasteiger partial charge in [-0.1, -0.05) is 12.1 Å². The first-order valence-corrected chi connectivity index (χ1v) is 5.90. The molecule has 4 heteroatoms. The normalized spacial score (nSPS) is 10.6. The summed E-state index contributed by atoms with van der Waals surface area (Å²) in [6.07, 6.45) is 1.75. The Morgan fingerprint density at radius 1 is 1.05 bits per heavy atom. The molecule has 0 spiro atoms. The van der Waals surface area contributed by atoms with E-state index in [1.54, 1.807) is 18.3 Å². The van der Waals surface area contributed by atoms with E-state index in [1.807, 2.05) is 30.3 Å². The molecule has 3 aromatic rings. The van der Waals surface area contributed by atoms with Crippen LogP contribution in [0.3, 0.4) is 0 Å². The summed E-state index contributed by atoms with van der Waals surface area (Å²) in [7, 11) is 0. The van der Waals surface area contributed by atoms with Gasteiger partial charge in [-0.2, -0.15) is 0 Å². The van der Waals surface area contributed by atoms with Gasteiger partial charge in [-0.3, -0.25) is 4.98 Å². The molecule has 0 fully saturated rings. The summed E-state index contributed by atoms with van der Waals surface area (Å²) in [5, 5.41) is 4.13. The van der Waals surface area contributed by atoms with E-state index in [0.717, 1.165) is 16.6 Å². The van der Waals surface area contributed by atoms with Crippen LogP contribution in [0.4, 0.5) is 21.5 Å². The molecule has 0 aliphatic carbocycles. The number of fused-ring (bicyclic) bond motifs is 1. The summed E-state index contributed by atoms with van der Waals surface area (Å²) in [5.41, 5.74) is 8.13. The van der Waals surface area contributed by atoms with Crippen molar-refractivity contribution in [1.82, 2.24) is 4.98 Å². The quantitative estimate of drug-likeness (QED) is 0.685. The Balaban J connectivity index is 1.99. The predicted octanol–water partition coefficient (Wildman–Crippen LogP) is 3.70. The number of para-hydroxylation sites is 1. The van der Waals surface area contributed by atoms with Gasteiger partial charge in [-0.25, -0.2) is 4.39 Å². The molecule has 3 nitrogen and oxygen atoms in total. The van der Waals surface area contributed by atoms with E-state index in [2.05, 4.69) is 10.3 Å². The molecular weight excluding hydrogens is 241 g/mol. The number of pyridine rings is 1. The third kappa shape index (κ3) is 2.20. The smallest absolute Gasteiger partial charge is 0.148 e. The van der Waals surface area contributed by atoms with Crippen molar-refractivity contribution in [2.75, 3.05) is 11.1 Å². The Kier molecular flexibility index (Phi) is 2.76. The molecule has 1 heterocycles. The summed E-state index contributed by atoms with van der Waals surface area (Å²) in [6.45, 7) is 0. The number of rotatable bonds is 2. The molecule has 3 N–H and O–H groups in total. The summed E-state index contributed by atoms with van der Waals surface area (Å²) in [6, 6.07) is 14.3. The highest BCUT2D eigenvalue weighted by atomic mass is 19.1. The topological polar surface area (TPSA) is 50.9 Å². The number of hydrogen-bond donors (Lipinski definition) is 2. The zero-order valence-electron chi connectivity index (χ0n) is 10.1. The number of nitrogens with two attached hydrogens (primary N) is 1. The standard InChI is InChI=1S/C15H12FN3/c16-12-4-1-5-14(15(12)17)19-11-6-7-13-10(9-11)3-2-8-18-13/h1-9,19H,17H2. The number of benzene rings is 2. The van der Waals surface area contributed by atoms with Crippen molar-refractivity contribution in [2.24, 2.45) is 0 Å². The van der Waals surface area contributed by atoms with E-state index < -0.39 is 5.82 Å². The van der Waals surface area contributed by atoms with Crippen LogP contribution in [-0.2, 0) is 0 Å². The van der Waals surface area contributed by atoms with Crippen molar-refractivity contribution in [2.45, 2.75) is 0 Å². The second-order valence-electron chi connectivity index (χ2n) is 4.24. The maximum absolute atomic E-state index is 13.4. The minimum atomic E-state index is -0.424. The summed E-state index contributed by atoms with van der Waals surface area (Å²) in [4.78, 5) is 4.25. The molecule has 0 radical (unpaired) electrons. The van der Waals surface area contributed by atoms with Gasteiger partial charge >= 0.3 is 0 Å². The van der Waals surface area contributed by atoms with Gasteiger partial charge in [0.1, 0.15) is 5.82 Å². The molecule has 2 aromatic carbocycles. The third-order valence-corrected chi connectivity index (χ3v) is 2.93. The zero-order chi connectivity index (χ0) is 13.2. The highest BCUT2D eigenvalue weighted by Crippen LogP contribution is 2.26. The number of nitrogens with one attached hydrogen (secondary N) is 1. The van der Waals surface area contributed by atoms with Gasteiger partial charge in [0.15, 0.2) is 0 Å². The van der Waals surface area contributed by atoms with Gasteiger partial charge in [-0.15, -0.1) is 0 Å². The van der Waals surface area contributed by atoms with Crippen molar-refractivity contribution >= 4 is 28.0 Å². The van der Waals surface area contributed by atoms with Crippen LogP contribution in [0, 0.1) is 5.82 Å². The predicted molar refractivity (Wildman–Crippen MR) is 75.8 cm³/mol. The average molecular weight is 253 g/mol. The largest absolute Gasteiger partial charge is 0.395 e. The van der Waals surface area contributed by atoms with Crippen LogP contribution in [-0.4, -0.2) is 4.98 Å². The van der Waals surface area contributed by atoms with Crippen molar-refractivity contribution in [3.8, 4) is 0 Å². The number of halogens is 1. The molecule has 0 saturated heterocycles.